The minimum absolute atomic E-state index is 0.205. The van der Waals surface area contributed by atoms with Crippen molar-refractivity contribution >= 4 is 11.7 Å². The SMILES string of the molecule is Cc1nc(C)c(C(OC(C)(C)C)C(=O)O)c(N2CCC(C)(C)CC2)c1-c1ccc2c(c1)CCN(Cc1ccc(C(F)(F)F)nc1)C2. The Balaban J connectivity index is 1.51. The molecule has 0 saturated carbocycles. The molecule has 5 rings (SSSR count). The van der Waals surface area contributed by atoms with E-state index in [2.05, 4.69) is 46.8 Å². The molecule has 4 heterocycles. The number of alkyl halides is 3. The molecule has 2 aromatic heterocycles. The van der Waals surface area contributed by atoms with Gasteiger partial charge in [0, 0.05) is 61.4 Å². The highest BCUT2D eigenvalue weighted by Crippen LogP contribution is 2.45. The van der Waals surface area contributed by atoms with Crippen LogP contribution in [0.4, 0.5) is 18.9 Å². The minimum atomic E-state index is -4.45. The summed E-state index contributed by atoms with van der Waals surface area (Å²) in [6, 6.07) is 8.94. The molecule has 1 aromatic carbocycles. The normalized spacial score (nSPS) is 17.9. The summed E-state index contributed by atoms with van der Waals surface area (Å²) in [5.41, 5.74) is 6.66. The Bertz CT molecular complexity index is 1590. The topological polar surface area (TPSA) is 78.8 Å². The predicted molar refractivity (Wildman–Crippen MR) is 173 cm³/mol. The molecule has 1 fully saturated rings. The zero-order chi connectivity index (χ0) is 33.6. The van der Waals surface area contributed by atoms with Gasteiger partial charge in [0.25, 0.3) is 0 Å². The summed E-state index contributed by atoms with van der Waals surface area (Å²) in [6.45, 7) is 17.5. The Hall–Kier alpha value is -3.50. The molecule has 0 bridgehead atoms. The summed E-state index contributed by atoms with van der Waals surface area (Å²) in [5, 5.41) is 10.5. The second-order valence-electron chi connectivity index (χ2n) is 14.5. The molecule has 10 heteroatoms. The molecular weight excluding hydrogens is 593 g/mol. The fourth-order valence-electron chi connectivity index (χ4n) is 6.60. The first-order chi connectivity index (χ1) is 21.4. The number of nitrogens with zero attached hydrogens (tertiary/aromatic N) is 4. The van der Waals surface area contributed by atoms with Crippen molar-refractivity contribution < 1.29 is 27.8 Å². The number of carbonyl (C=O) groups is 1. The lowest BCUT2D eigenvalue weighted by Crippen LogP contribution is -2.39. The van der Waals surface area contributed by atoms with Crippen LogP contribution in [0.5, 0.6) is 0 Å². The highest BCUT2D eigenvalue weighted by atomic mass is 19.4. The van der Waals surface area contributed by atoms with Gasteiger partial charge in [-0.05, 0) is 87.6 Å². The van der Waals surface area contributed by atoms with Crippen molar-refractivity contribution in [3.05, 3.63) is 75.9 Å². The maximum atomic E-state index is 13.0. The second kappa shape index (κ2) is 12.6. The molecule has 3 aromatic rings. The number of rotatable bonds is 7. The summed E-state index contributed by atoms with van der Waals surface area (Å²) in [6.07, 6.45) is -1.57. The molecule has 1 atom stereocenters. The monoisotopic (exact) mass is 638 g/mol. The Morgan fingerprint density at radius 2 is 1.72 bits per heavy atom. The maximum Gasteiger partial charge on any atom is 0.433 e. The van der Waals surface area contributed by atoms with E-state index in [4.69, 9.17) is 9.72 Å². The molecule has 1 N–H and O–H groups in total. The van der Waals surface area contributed by atoms with Gasteiger partial charge < -0.3 is 14.7 Å². The van der Waals surface area contributed by atoms with Crippen LogP contribution in [0, 0.1) is 19.3 Å². The Labute approximate surface area is 269 Å². The first kappa shape index (κ1) is 33.9. The number of aryl methyl sites for hydroxylation is 2. The van der Waals surface area contributed by atoms with Gasteiger partial charge in [0.2, 0.25) is 0 Å². The molecule has 1 unspecified atom stereocenters. The van der Waals surface area contributed by atoms with E-state index in [0.29, 0.717) is 24.3 Å². The fraction of sp³-hybridized carbons (Fsp3) is 0.528. The molecule has 2 aliphatic heterocycles. The Morgan fingerprint density at radius 1 is 1.02 bits per heavy atom. The molecule has 2 aliphatic rings. The quantitative estimate of drug-likeness (QED) is 0.282. The number of halogens is 3. The summed E-state index contributed by atoms with van der Waals surface area (Å²) in [7, 11) is 0. The van der Waals surface area contributed by atoms with Crippen LogP contribution in [0.3, 0.4) is 0 Å². The third-order valence-electron chi connectivity index (χ3n) is 9.08. The number of carboxylic acids is 1. The highest BCUT2D eigenvalue weighted by molar-refractivity contribution is 5.88. The van der Waals surface area contributed by atoms with Crippen LogP contribution in [0.1, 0.15) is 92.9 Å². The molecule has 0 spiro atoms. The first-order valence-electron chi connectivity index (χ1n) is 16.0. The number of carboxylic acid groups (broad SMARTS) is 1. The molecule has 7 nitrogen and oxygen atoms in total. The van der Waals surface area contributed by atoms with Gasteiger partial charge in [-0.1, -0.05) is 38.1 Å². The smallest absolute Gasteiger partial charge is 0.433 e. The van der Waals surface area contributed by atoms with Crippen LogP contribution >= 0.6 is 0 Å². The number of aromatic nitrogens is 2. The average molecular weight is 639 g/mol. The van der Waals surface area contributed by atoms with Gasteiger partial charge in [-0.25, -0.2) is 4.79 Å². The number of benzene rings is 1. The number of anilines is 1. The van der Waals surface area contributed by atoms with Crippen LogP contribution < -0.4 is 4.90 Å². The molecule has 46 heavy (non-hydrogen) atoms. The number of piperidine rings is 1. The third kappa shape index (κ3) is 7.55. The summed E-state index contributed by atoms with van der Waals surface area (Å²) >= 11 is 0. The minimum Gasteiger partial charge on any atom is -0.479 e. The predicted octanol–water partition coefficient (Wildman–Crippen LogP) is 7.90. The zero-order valence-electron chi connectivity index (χ0n) is 27.9. The van der Waals surface area contributed by atoms with Crippen molar-refractivity contribution in [2.45, 2.75) is 98.7 Å². The van der Waals surface area contributed by atoms with Gasteiger partial charge >= 0.3 is 12.1 Å². The molecule has 248 valence electrons. The lowest BCUT2D eigenvalue weighted by atomic mass is 9.81. The molecule has 0 radical (unpaired) electrons. The summed E-state index contributed by atoms with van der Waals surface area (Å²) < 4.78 is 45.1. The van der Waals surface area contributed by atoms with Gasteiger partial charge in [0.1, 0.15) is 5.69 Å². The van der Waals surface area contributed by atoms with Crippen molar-refractivity contribution in [3.63, 3.8) is 0 Å². The lowest BCUT2D eigenvalue weighted by molar-refractivity contribution is -0.160. The van der Waals surface area contributed by atoms with Crippen LogP contribution in [0.25, 0.3) is 11.1 Å². The van der Waals surface area contributed by atoms with E-state index in [1.165, 1.54) is 17.8 Å². The van der Waals surface area contributed by atoms with E-state index >= 15 is 0 Å². The number of hydrogen-bond donors (Lipinski definition) is 1. The maximum absolute atomic E-state index is 13.0. The van der Waals surface area contributed by atoms with E-state index in [0.717, 1.165) is 78.6 Å². The second-order valence-corrected chi connectivity index (χ2v) is 14.5. The third-order valence-corrected chi connectivity index (χ3v) is 9.08. The van der Waals surface area contributed by atoms with Crippen LogP contribution in [0.15, 0.2) is 36.5 Å². The Morgan fingerprint density at radius 3 is 2.30 bits per heavy atom. The van der Waals surface area contributed by atoms with Gasteiger partial charge in [-0.3, -0.25) is 14.9 Å². The van der Waals surface area contributed by atoms with Crippen LogP contribution in [0.2, 0.25) is 0 Å². The van der Waals surface area contributed by atoms with Gasteiger partial charge in [-0.2, -0.15) is 13.2 Å². The summed E-state index contributed by atoms with van der Waals surface area (Å²) in [5.74, 6) is -1.04. The van der Waals surface area contributed by atoms with Crippen molar-refractivity contribution in [3.8, 4) is 11.1 Å². The molecule has 0 amide bonds. The summed E-state index contributed by atoms with van der Waals surface area (Å²) in [4.78, 5) is 25.9. The van der Waals surface area contributed by atoms with E-state index in [9.17, 15) is 23.1 Å². The zero-order valence-corrected chi connectivity index (χ0v) is 27.9. The Kier molecular flexibility index (Phi) is 9.27. The number of aliphatic carboxylic acids is 1. The number of fused-ring (bicyclic) bond motifs is 1. The number of ether oxygens (including phenoxy) is 1. The fourth-order valence-corrected chi connectivity index (χ4v) is 6.60. The lowest BCUT2D eigenvalue weighted by Gasteiger charge is -2.41. The van der Waals surface area contributed by atoms with Crippen molar-refractivity contribution in [2.24, 2.45) is 5.41 Å². The van der Waals surface area contributed by atoms with Gasteiger partial charge in [0.05, 0.1) is 11.3 Å². The molecule has 0 aliphatic carbocycles. The molecule has 1 saturated heterocycles. The van der Waals surface area contributed by atoms with Crippen molar-refractivity contribution in [2.75, 3.05) is 24.5 Å². The van der Waals surface area contributed by atoms with E-state index in [1.807, 2.05) is 34.6 Å². The standard InChI is InChI=1S/C36H45F3N4O3/c1-22-29(26-9-10-27-21-42(15-12-25(27)18-26)20-24-8-11-28(40-19-24)36(37,38)39)31(43-16-13-35(6,7)14-17-43)30(23(2)41-22)32(33(44)45)46-34(3,4)5/h8-11,18-19,32H,12-17,20-21H2,1-7H3,(H,44,45). The largest absolute Gasteiger partial charge is 0.479 e. The first-order valence-corrected chi connectivity index (χ1v) is 16.0. The van der Waals surface area contributed by atoms with Crippen LogP contribution in [-0.2, 0) is 35.2 Å². The van der Waals surface area contributed by atoms with E-state index in [1.54, 1.807) is 0 Å². The van der Waals surface area contributed by atoms with Crippen molar-refractivity contribution in [1.82, 2.24) is 14.9 Å². The number of hydrogen-bond acceptors (Lipinski definition) is 6. The highest BCUT2D eigenvalue weighted by Gasteiger charge is 2.37. The average Bonchev–Trinajstić information content (AvgIpc) is 2.95. The van der Waals surface area contributed by atoms with Crippen molar-refractivity contribution in [1.29, 1.82) is 0 Å². The molecular formula is C36H45F3N4O3. The van der Waals surface area contributed by atoms with E-state index < -0.39 is 29.5 Å². The van der Waals surface area contributed by atoms with Gasteiger partial charge in [0.15, 0.2) is 6.10 Å². The number of pyridine rings is 2. The van der Waals surface area contributed by atoms with Crippen LogP contribution in [-0.4, -0.2) is 51.2 Å². The van der Waals surface area contributed by atoms with Gasteiger partial charge in [-0.15, -0.1) is 0 Å². The van der Waals surface area contributed by atoms with E-state index in [-0.39, 0.29) is 5.41 Å².